The lowest BCUT2D eigenvalue weighted by molar-refractivity contribution is -0.113. The molecule has 176 valence electrons. The van der Waals surface area contributed by atoms with Crippen molar-refractivity contribution < 1.29 is 14.3 Å². The van der Waals surface area contributed by atoms with Crippen LogP contribution in [0.2, 0.25) is 0 Å². The van der Waals surface area contributed by atoms with Crippen molar-refractivity contribution in [1.29, 1.82) is 0 Å². The quantitative estimate of drug-likeness (QED) is 0.439. The molecule has 0 radical (unpaired) electrons. The molecule has 2 N–H and O–H groups in total. The average molecular weight is 470 g/mol. The molecule has 0 saturated carbocycles. The Labute approximate surface area is 201 Å². The van der Waals surface area contributed by atoms with Crippen LogP contribution in [0.5, 0.6) is 11.5 Å². The second-order valence-electron chi connectivity index (χ2n) is 7.79. The van der Waals surface area contributed by atoms with Crippen LogP contribution in [0.25, 0.3) is 11.4 Å². The van der Waals surface area contributed by atoms with Gasteiger partial charge >= 0.3 is 0 Å². The number of amides is 1. The Kier molecular flexibility index (Phi) is 5.84. The van der Waals surface area contributed by atoms with Gasteiger partial charge in [-0.3, -0.25) is 14.8 Å². The molecule has 0 spiro atoms. The molecule has 4 aromatic rings. The summed E-state index contributed by atoms with van der Waals surface area (Å²) in [4.78, 5) is 26.7. The van der Waals surface area contributed by atoms with Crippen molar-refractivity contribution in [1.82, 2.24) is 24.7 Å². The molecular weight excluding hydrogens is 446 g/mol. The molecule has 0 saturated heterocycles. The monoisotopic (exact) mass is 469 g/mol. The smallest absolute Gasteiger partial charge is 0.255 e. The molecule has 1 aliphatic rings. The normalized spacial score (nSPS) is 14.7. The highest BCUT2D eigenvalue weighted by Gasteiger charge is 2.35. The van der Waals surface area contributed by atoms with Crippen molar-refractivity contribution in [2.24, 2.45) is 0 Å². The van der Waals surface area contributed by atoms with Crippen LogP contribution in [-0.4, -0.2) is 44.9 Å². The number of carbonyl (C=O) groups excluding carboxylic acids is 1. The minimum absolute atomic E-state index is 0.285. The molecule has 1 atom stereocenters. The number of aromatic nitrogens is 5. The number of anilines is 2. The topological polar surface area (TPSA) is 116 Å². The summed E-state index contributed by atoms with van der Waals surface area (Å²) in [5.74, 6) is 1.86. The Bertz CT molecular complexity index is 1400. The third-order valence-electron chi connectivity index (χ3n) is 5.63. The number of methoxy groups -OCH3 is 2. The predicted molar refractivity (Wildman–Crippen MR) is 130 cm³/mol. The van der Waals surface area contributed by atoms with Crippen molar-refractivity contribution in [3.05, 3.63) is 84.1 Å². The SMILES string of the molecule is COc1ccc(-c2nc3n(n2)C(c2ccccn2)C(C(=O)Nc2cccnc2)=C(C)N3)cc1OC. The van der Waals surface area contributed by atoms with Crippen LogP contribution < -0.4 is 20.1 Å². The Morgan fingerprint density at radius 3 is 2.63 bits per heavy atom. The van der Waals surface area contributed by atoms with E-state index in [-0.39, 0.29) is 5.91 Å². The van der Waals surface area contributed by atoms with Gasteiger partial charge in [-0.2, -0.15) is 4.98 Å². The number of pyridine rings is 2. The van der Waals surface area contributed by atoms with Crippen LogP contribution in [0, 0.1) is 0 Å². The summed E-state index contributed by atoms with van der Waals surface area (Å²) < 4.78 is 12.5. The molecule has 35 heavy (non-hydrogen) atoms. The van der Waals surface area contributed by atoms with E-state index in [2.05, 4.69) is 20.6 Å². The molecule has 1 unspecified atom stereocenters. The number of nitrogens with zero attached hydrogens (tertiary/aromatic N) is 5. The van der Waals surface area contributed by atoms with E-state index in [1.54, 1.807) is 55.7 Å². The number of carbonyl (C=O) groups is 1. The van der Waals surface area contributed by atoms with E-state index < -0.39 is 6.04 Å². The Morgan fingerprint density at radius 1 is 1.06 bits per heavy atom. The van der Waals surface area contributed by atoms with Crippen LogP contribution in [0.1, 0.15) is 18.7 Å². The molecule has 1 aromatic carbocycles. The molecule has 1 aliphatic heterocycles. The number of rotatable bonds is 6. The van der Waals surface area contributed by atoms with E-state index in [0.717, 1.165) is 5.56 Å². The number of benzene rings is 1. The van der Waals surface area contributed by atoms with Gasteiger partial charge < -0.3 is 20.1 Å². The predicted octanol–water partition coefficient (Wildman–Crippen LogP) is 3.68. The molecular formula is C25H23N7O3. The molecule has 10 nitrogen and oxygen atoms in total. The van der Waals surface area contributed by atoms with Crippen LogP contribution >= 0.6 is 0 Å². The lowest BCUT2D eigenvalue weighted by Crippen LogP contribution is -2.32. The lowest BCUT2D eigenvalue weighted by atomic mass is 9.98. The highest BCUT2D eigenvalue weighted by atomic mass is 16.5. The van der Waals surface area contributed by atoms with E-state index in [1.807, 2.05) is 37.3 Å². The first-order valence-electron chi connectivity index (χ1n) is 10.9. The first-order valence-corrected chi connectivity index (χ1v) is 10.9. The zero-order valence-electron chi connectivity index (χ0n) is 19.4. The summed E-state index contributed by atoms with van der Waals surface area (Å²) in [5, 5.41) is 10.9. The van der Waals surface area contributed by atoms with E-state index in [1.165, 1.54) is 0 Å². The summed E-state index contributed by atoms with van der Waals surface area (Å²) in [6.07, 6.45) is 4.93. The largest absolute Gasteiger partial charge is 0.493 e. The standard InChI is InChI=1S/C25H23N7O3/c1-15-21(24(33)29-17-7-6-11-26-14-17)22(18-8-4-5-12-27-18)32-25(28-15)30-23(31-32)16-9-10-19(34-2)20(13-16)35-3/h4-14,22H,1-3H3,(H,29,33)(H,28,30,31). The van der Waals surface area contributed by atoms with Gasteiger partial charge in [0.2, 0.25) is 5.95 Å². The molecule has 3 aromatic heterocycles. The average Bonchev–Trinajstić information content (AvgIpc) is 3.32. The Morgan fingerprint density at radius 2 is 1.91 bits per heavy atom. The van der Waals surface area contributed by atoms with Gasteiger partial charge in [-0.05, 0) is 49.4 Å². The third-order valence-corrected chi connectivity index (χ3v) is 5.63. The van der Waals surface area contributed by atoms with Crippen molar-refractivity contribution in [3.63, 3.8) is 0 Å². The lowest BCUT2D eigenvalue weighted by Gasteiger charge is -2.27. The van der Waals surface area contributed by atoms with E-state index in [9.17, 15) is 4.79 Å². The van der Waals surface area contributed by atoms with Crippen LogP contribution in [0.3, 0.4) is 0 Å². The van der Waals surface area contributed by atoms with Crippen molar-refractivity contribution >= 4 is 17.5 Å². The van der Waals surface area contributed by atoms with Crippen LogP contribution in [0.4, 0.5) is 11.6 Å². The van der Waals surface area contributed by atoms with Gasteiger partial charge in [-0.25, -0.2) is 4.68 Å². The van der Waals surface area contributed by atoms with Gasteiger partial charge in [0.1, 0.15) is 6.04 Å². The maximum Gasteiger partial charge on any atom is 0.255 e. The molecule has 1 amide bonds. The molecule has 5 rings (SSSR count). The van der Waals surface area contributed by atoms with Crippen LogP contribution in [-0.2, 0) is 4.79 Å². The fourth-order valence-electron chi connectivity index (χ4n) is 3.99. The molecule has 0 bridgehead atoms. The first-order chi connectivity index (χ1) is 17.1. The fourth-order valence-corrected chi connectivity index (χ4v) is 3.99. The Hall–Kier alpha value is -4.73. The van der Waals surface area contributed by atoms with E-state index in [4.69, 9.17) is 19.6 Å². The Balaban J connectivity index is 1.58. The van der Waals surface area contributed by atoms with Gasteiger partial charge in [0, 0.05) is 23.7 Å². The van der Waals surface area contributed by atoms with Gasteiger partial charge in [-0.15, -0.1) is 5.10 Å². The second kappa shape index (κ2) is 9.26. The number of hydrogen-bond donors (Lipinski definition) is 2. The first kappa shape index (κ1) is 22.1. The maximum absolute atomic E-state index is 13.4. The zero-order chi connectivity index (χ0) is 24.4. The van der Waals surface area contributed by atoms with Gasteiger partial charge in [-0.1, -0.05) is 6.07 Å². The summed E-state index contributed by atoms with van der Waals surface area (Å²) in [5.41, 5.74) is 3.12. The third kappa shape index (κ3) is 4.17. The minimum Gasteiger partial charge on any atom is -0.493 e. The minimum atomic E-state index is -0.592. The molecule has 4 heterocycles. The second-order valence-corrected chi connectivity index (χ2v) is 7.79. The highest BCUT2D eigenvalue weighted by molar-refractivity contribution is 6.05. The van der Waals surface area contributed by atoms with Crippen molar-refractivity contribution in [2.45, 2.75) is 13.0 Å². The molecule has 10 heteroatoms. The van der Waals surface area contributed by atoms with Gasteiger partial charge in [0.05, 0.1) is 37.4 Å². The summed E-state index contributed by atoms with van der Waals surface area (Å²) in [6.45, 7) is 1.84. The number of hydrogen-bond acceptors (Lipinski definition) is 8. The summed E-state index contributed by atoms with van der Waals surface area (Å²) in [7, 11) is 3.16. The van der Waals surface area contributed by atoms with Gasteiger partial charge in [0.15, 0.2) is 17.3 Å². The highest BCUT2D eigenvalue weighted by Crippen LogP contribution is 2.37. The summed E-state index contributed by atoms with van der Waals surface area (Å²) >= 11 is 0. The van der Waals surface area contributed by atoms with Crippen molar-refractivity contribution in [2.75, 3.05) is 24.9 Å². The number of fused-ring (bicyclic) bond motifs is 1. The number of nitrogens with one attached hydrogen (secondary N) is 2. The maximum atomic E-state index is 13.4. The van der Waals surface area contributed by atoms with E-state index >= 15 is 0 Å². The number of allylic oxidation sites excluding steroid dienone is 1. The van der Waals surface area contributed by atoms with Gasteiger partial charge in [0.25, 0.3) is 5.91 Å². The molecule has 0 aliphatic carbocycles. The summed E-state index contributed by atoms with van der Waals surface area (Å²) in [6, 6.07) is 14.0. The fraction of sp³-hybridized carbons (Fsp3) is 0.160. The molecule has 0 fully saturated rings. The zero-order valence-corrected chi connectivity index (χ0v) is 19.4. The van der Waals surface area contributed by atoms with Crippen LogP contribution in [0.15, 0.2) is 78.4 Å². The van der Waals surface area contributed by atoms with Crippen molar-refractivity contribution in [3.8, 4) is 22.9 Å². The van der Waals surface area contributed by atoms with E-state index in [0.29, 0.717) is 45.9 Å². The number of ether oxygens (including phenoxy) is 2.